The Morgan fingerprint density at radius 2 is 1.89 bits per heavy atom. The number of nitrogens with zero attached hydrogens (tertiary/aromatic N) is 3. The van der Waals surface area contributed by atoms with Crippen molar-refractivity contribution >= 4 is 17.9 Å². The molecule has 146 valence electrons. The highest BCUT2D eigenvalue weighted by Crippen LogP contribution is 2.34. The van der Waals surface area contributed by atoms with Gasteiger partial charge in [0.05, 0.1) is 12.5 Å². The first-order valence-corrected chi connectivity index (χ1v) is 9.71. The summed E-state index contributed by atoms with van der Waals surface area (Å²) >= 11 is 1.60. The highest BCUT2D eigenvalue weighted by atomic mass is 32.2. The molecule has 1 aromatic heterocycles. The van der Waals surface area contributed by atoms with Crippen LogP contribution in [0.1, 0.15) is 11.5 Å². The van der Waals surface area contributed by atoms with Gasteiger partial charge in [-0.1, -0.05) is 12.1 Å². The van der Waals surface area contributed by atoms with E-state index in [1.54, 1.807) is 23.0 Å². The first-order chi connectivity index (χ1) is 13.5. The Bertz CT molecular complexity index is 907. The molecule has 1 N–H and O–H groups in total. The fourth-order valence-corrected chi connectivity index (χ4v) is 4.26. The van der Waals surface area contributed by atoms with Gasteiger partial charge in [-0.3, -0.25) is 4.79 Å². The lowest BCUT2D eigenvalue weighted by atomic mass is 9.92. The molecule has 1 amide bonds. The minimum Gasteiger partial charge on any atom is -0.395 e. The summed E-state index contributed by atoms with van der Waals surface area (Å²) < 4.78 is 29.3. The second kappa shape index (κ2) is 7.98. The van der Waals surface area contributed by atoms with E-state index >= 15 is 0 Å². The van der Waals surface area contributed by atoms with E-state index in [4.69, 9.17) is 0 Å². The van der Waals surface area contributed by atoms with Gasteiger partial charge < -0.3 is 10.0 Å². The summed E-state index contributed by atoms with van der Waals surface area (Å²) in [6.07, 6.45) is 1.76. The Labute approximate surface area is 165 Å². The average Bonchev–Trinajstić information content (AvgIpc) is 2.61. The van der Waals surface area contributed by atoms with Gasteiger partial charge in [-0.2, -0.15) is 0 Å². The van der Waals surface area contributed by atoms with Crippen molar-refractivity contribution in [2.24, 2.45) is 0 Å². The van der Waals surface area contributed by atoms with Crippen molar-refractivity contribution in [1.29, 1.82) is 0 Å². The quantitative estimate of drug-likeness (QED) is 0.614. The van der Waals surface area contributed by atoms with Gasteiger partial charge in [0.25, 0.3) is 0 Å². The SMILES string of the molecule is O=C([C@@H](CO)c1ccc(F)cc1F)N1CC(=C2CN(Sc3ccccn3)C2)C1. The van der Waals surface area contributed by atoms with Gasteiger partial charge in [0.2, 0.25) is 5.91 Å². The third kappa shape index (κ3) is 3.80. The van der Waals surface area contributed by atoms with Gasteiger partial charge in [0.15, 0.2) is 0 Å². The number of pyridine rings is 1. The molecule has 4 rings (SSSR count). The molecule has 0 radical (unpaired) electrons. The van der Waals surface area contributed by atoms with Crippen LogP contribution in [-0.4, -0.2) is 58.0 Å². The van der Waals surface area contributed by atoms with Gasteiger partial charge >= 0.3 is 0 Å². The summed E-state index contributed by atoms with van der Waals surface area (Å²) in [5.41, 5.74) is 2.54. The molecule has 0 spiro atoms. The zero-order valence-corrected chi connectivity index (χ0v) is 15.8. The Morgan fingerprint density at radius 3 is 2.54 bits per heavy atom. The van der Waals surface area contributed by atoms with Gasteiger partial charge in [-0.25, -0.2) is 18.1 Å². The lowest BCUT2D eigenvalue weighted by Gasteiger charge is -2.42. The van der Waals surface area contributed by atoms with Crippen LogP contribution >= 0.6 is 11.9 Å². The van der Waals surface area contributed by atoms with Crippen molar-refractivity contribution in [3.63, 3.8) is 0 Å². The van der Waals surface area contributed by atoms with E-state index in [0.717, 1.165) is 30.2 Å². The lowest BCUT2D eigenvalue weighted by molar-refractivity contribution is -0.135. The zero-order valence-electron chi connectivity index (χ0n) is 15.0. The van der Waals surface area contributed by atoms with Gasteiger partial charge in [0.1, 0.15) is 16.7 Å². The zero-order chi connectivity index (χ0) is 19.7. The number of likely N-dealkylation sites (tertiary alicyclic amines) is 1. The second-order valence-corrected chi connectivity index (χ2v) is 7.98. The van der Waals surface area contributed by atoms with Crippen LogP contribution in [0, 0.1) is 11.6 Å². The minimum absolute atomic E-state index is 0.0246. The Hall–Kier alpha value is -2.29. The molecule has 2 fully saturated rings. The van der Waals surface area contributed by atoms with Gasteiger partial charge in [-0.15, -0.1) is 0 Å². The summed E-state index contributed by atoms with van der Waals surface area (Å²) in [4.78, 5) is 18.5. The maximum absolute atomic E-state index is 14.0. The molecule has 5 nitrogen and oxygen atoms in total. The van der Waals surface area contributed by atoms with Crippen LogP contribution in [0.4, 0.5) is 8.78 Å². The van der Waals surface area contributed by atoms with Crippen molar-refractivity contribution in [3.8, 4) is 0 Å². The topological polar surface area (TPSA) is 56.7 Å². The summed E-state index contributed by atoms with van der Waals surface area (Å²) in [6.45, 7) is 2.13. The van der Waals surface area contributed by atoms with Crippen LogP contribution in [-0.2, 0) is 4.79 Å². The number of benzene rings is 1. The van der Waals surface area contributed by atoms with Crippen LogP contribution in [0.2, 0.25) is 0 Å². The lowest BCUT2D eigenvalue weighted by Crippen LogP contribution is -2.50. The number of amides is 1. The van der Waals surface area contributed by atoms with E-state index in [9.17, 15) is 18.7 Å². The normalized spacial score (nSPS) is 17.9. The Kier molecular flexibility index (Phi) is 5.43. The fraction of sp³-hybridized carbons (Fsp3) is 0.300. The smallest absolute Gasteiger partial charge is 0.233 e. The van der Waals surface area contributed by atoms with Crippen LogP contribution in [0.15, 0.2) is 58.8 Å². The number of aliphatic hydroxyl groups excluding tert-OH is 1. The predicted molar refractivity (Wildman–Crippen MR) is 101 cm³/mol. The fourth-order valence-electron chi connectivity index (χ4n) is 3.31. The van der Waals surface area contributed by atoms with Crippen molar-refractivity contribution in [1.82, 2.24) is 14.2 Å². The highest BCUT2D eigenvalue weighted by molar-refractivity contribution is 7.97. The van der Waals surface area contributed by atoms with E-state index in [0.29, 0.717) is 13.1 Å². The monoisotopic (exact) mass is 403 g/mol. The molecule has 3 heterocycles. The van der Waals surface area contributed by atoms with E-state index in [2.05, 4.69) is 9.29 Å². The van der Waals surface area contributed by atoms with E-state index in [1.807, 2.05) is 18.2 Å². The average molecular weight is 403 g/mol. The maximum atomic E-state index is 14.0. The summed E-state index contributed by atoms with van der Waals surface area (Å²) in [7, 11) is 0. The largest absolute Gasteiger partial charge is 0.395 e. The van der Waals surface area contributed by atoms with E-state index < -0.39 is 24.2 Å². The molecule has 2 aliphatic heterocycles. The highest BCUT2D eigenvalue weighted by Gasteiger charge is 2.36. The summed E-state index contributed by atoms with van der Waals surface area (Å²) in [5.74, 6) is -2.87. The Morgan fingerprint density at radius 1 is 1.14 bits per heavy atom. The standard InChI is InChI=1S/C20H19F2N3O2S/c21-15-4-5-16(18(22)7-15)17(12-26)20(27)24-8-13(9-24)14-10-25(11-14)28-19-3-1-2-6-23-19/h1-7,17,26H,8-12H2/t17-/m0/s1. The van der Waals surface area contributed by atoms with Crippen molar-refractivity contribution < 1.29 is 18.7 Å². The van der Waals surface area contributed by atoms with E-state index in [-0.39, 0.29) is 11.5 Å². The molecular formula is C20H19F2N3O2S. The number of carbonyl (C=O) groups excluding carboxylic acids is 1. The summed E-state index contributed by atoms with van der Waals surface area (Å²) in [5, 5.41) is 10.5. The molecule has 1 aromatic carbocycles. The molecule has 2 aromatic rings. The van der Waals surface area contributed by atoms with E-state index in [1.165, 1.54) is 17.2 Å². The molecule has 28 heavy (non-hydrogen) atoms. The molecule has 0 saturated carbocycles. The van der Waals surface area contributed by atoms with Crippen LogP contribution in [0.5, 0.6) is 0 Å². The third-order valence-electron chi connectivity index (χ3n) is 4.99. The van der Waals surface area contributed by atoms with Crippen LogP contribution in [0.25, 0.3) is 0 Å². The number of hydrogen-bond acceptors (Lipinski definition) is 5. The van der Waals surface area contributed by atoms with Gasteiger partial charge in [0, 0.05) is 44.0 Å². The first kappa shape index (κ1) is 19.0. The number of aromatic nitrogens is 1. The molecule has 0 bridgehead atoms. The third-order valence-corrected chi connectivity index (χ3v) is 5.93. The predicted octanol–water partition coefficient (Wildman–Crippen LogP) is 2.60. The number of rotatable bonds is 5. The molecule has 2 aliphatic rings. The molecule has 8 heteroatoms. The molecule has 2 saturated heterocycles. The molecule has 0 unspecified atom stereocenters. The molecule has 0 aliphatic carbocycles. The number of halogens is 2. The van der Waals surface area contributed by atoms with Crippen molar-refractivity contribution in [3.05, 3.63) is 70.9 Å². The number of carbonyl (C=O) groups is 1. The van der Waals surface area contributed by atoms with Crippen LogP contribution < -0.4 is 0 Å². The Balaban J connectivity index is 1.33. The number of aliphatic hydroxyl groups is 1. The van der Waals surface area contributed by atoms with Crippen LogP contribution in [0.3, 0.4) is 0 Å². The number of hydrogen-bond donors (Lipinski definition) is 1. The minimum atomic E-state index is -1.01. The molecule has 1 atom stereocenters. The second-order valence-electron chi connectivity index (χ2n) is 6.86. The van der Waals surface area contributed by atoms with Gasteiger partial charge in [-0.05, 0) is 41.3 Å². The van der Waals surface area contributed by atoms with Crippen molar-refractivity contribution in [2.75, 3.05) is 32.8 Å². The maximum Gasteiger partial charge on any atom is 0.233 e. The molecular weight excluding hydrogens is 384 g/mol. The summed E-state index contributed by atoms with van der Waals surface area (Å²) in [6, 6.07) is 8.85. The van der Waals surface area contributed by atoms with Crippen molar-refractivity contribution in [2.45, 2.75) is 10.9 Å². The first-order valence-electron chi connectivity index (χ1n) is 8.93.